The molecule has 0 unspecified atom stereocenters. The van der Waals surface area contributed by atoms with E-state index in [1.165, 1.54) is 16.2 Å². The number of fused-ring (bicyclic) bond motifs is 1. The van der Waals surface area contributed by atoms with Crippen molar-refractivity contribution in [3.8, 4) is 16.1 Å². The standard InChI is InChI=1S/C24H22ClN3O2S2/c25-18-3-1-17(2-4-18)22-15-21-23(32-22)24(29)28(16-26-21)19-5-7-20(8-6-19)31-14-11-27-9-12-30-13-10-27/h1-8,15-16H,9-14H2. The van der Waals surface area contributed by atoms with Crippen LogP contribution in [0.15, 0.2) is 70.6 Å². The zero-order chi connectivity index (χ0) is 21.9. The Labute approximate surface area is 199 Å². The molecule has 1 aliphatic rings. The molecule has 0 saturated carbocycles. The molecule has 5 rings (SSSR count). The van der Waals surface area contributed by atoms with Crippen LogP contribution in [0.25, 0.3) is 26.3 Å². The van der Waals surface area contributed by atoms with Gasteiger partial charge in [0.25, 0.3) is 5.56 Å². The Kier molecular flexibility index (Phi) is 6.62. The van der Waals surface area contributed by atoms with Crippen LogP contribution in [0.5, 0.6) is 0 Å². The van der Waals surface area contributed by atoms with Gasteiger partial charge in [-0.25, -0.2) is 4.98 Å². The lowest BCUT2D eigenvalue weighted by molar-refractivity contribution is 0.0410. The van der Waals surface area contributed by atoms with Gasteiger partial charge in [-0.05, 0) is 48.0 Å². The summed E-state index contributed by atoms with van der Waals surface area (Å²) in [4.78, 5) is 22.3. The van der Waals surface area contributed by atoms with Crippen LogP contribution in [0, 0.1) is 0 Å². The molecular formula is C24H22ClN3O2S2. The predicted molar refractivity (Wildman–Crippen MR) is 134 cm³/mol. The van der Waals surface area contributed by atoms with E-state index >= 15 is 0 Å². The minimum Gasteiger partial charge on any atom is -0.379 e. The van der Waals surface area contributed by atoms with E-state index < -0.39 is 0 Å². The van der Waals surface area contributed by atoms with Crippen LogP contribution >= 0.6 is 34.7 Å². The molecule has 0 spiro atoms. The van der Waals surface area contributed by atoms with E-state index in [9.17, 15) is 4.79 Å². The lowest BCUT2D eigenvalue weighted by atomic mass is 10.2. The second-order valence-electron chi connectivity index (χ2n) is 7.55. The van der Waals surface area contributed by atoms with E-state index in [1.807, 2.05) is 54.2 Å². The molecule has 1 aliphatic heterocycles. The average Bonchev–Trinajstić information content (AvgIpc) is 3.27. The number of hydrogen-bond donors (Lipinski definition) is 0. The monoisotopic (exact) mass is 483 g/mol. The topological polar surface area (TPSA) is 47.4 Å². The van der Waals surface area contributed by atoms with Crippen LogP contribution in [-0.4, -0.2) is 53.1 Å². The molecule has 164 valence electrons. The highest BCUT2D eigenvalue weighted by atomic mass is 35.5. The average molecular weight is 484 g/mol. The molecule has 0 aliphatic carbocycles. The summed E-state index contributed by atoms with van der Waals surface area (Å²) >= 11 is 9.29. The largest absolute Gasteiger partial charge is 0.379 e. The lowest BCUT2D eigenvalue weighted by Crippen LogP contribution is -2.37. The maximum Gasteiger partial charge on any atom is 0.275 e. The smallest absolute Gasteiger partial charge is 0.275 e. The zero-order valence-corrected chi connectivity index (χ0v) is 19.8. The fourth-order valence-electron chi connectivity index (χ4n) is 3.67. The number of rotatable bonds is 6. The molecule has 0 atom stereocenters. The number of benzene rings is 2. The number of nitrogens with zero attached hydrogens (tertiary/aromatic N) is 3. The van der Waals surface area contributed by atoms with Gasteiger partial charge in [0.15, 0.2) is 0 Å². The quantitative estimate of drug-likeness (QED) is 0.353. The highest BCUT2D eigenvalue weighted by molar-refractivity contribution is 7.99. The molecule has 2 aromatic carbocycles. The summed E-state index contributed by atoms with van der Waals surface area (Å²) in [6.07, 6.45) is 1.61. The number of morpholine rings is 1. The van der Waals surface area contributed by atoms with Gasteiger partial charge in [-0.15, -0.1) is 23.1 Å². The van der Waals surface area contributed by atoms with Crippen molar-refractivity contribution in [2.75, 3.05) is 38.6 Å². The van der Waals surface area contributed by atoms with Gasteiger partial charge in [-0.1, -0.05) is 23.7 Å². The summed E-state index contributed by atoms with van der Waals surface area (Å²) < 4.78 is 7.67. The molecule has 1 fully saturated rings. The molecule has 2 aromatic heterocycles. The number of ether oxygens (including phenoxy) is 1. The van der Waals surface area contributed by atoms with Crippen LogP contribution in [0.3, 0.4) is 0 Å². The zero-order valence-electron chi connectivity index (χ0n) is 17.4. The van der Waals surface area contributed by atoms with Crippen molar-refractivity contribution in [1.29, 1.82) is 0 Å². The third-order valence-corrected chi connectivity index (χ3v) is 7.87. The van der Waals surface area contributed by atoms with Gasteiger partial charge in [-0.3, -0.25) is 14.3 Å². The Morgan fingerprint density at radius 2 is 1.81 bits per heavy atom. The lowest BCUT2D eigenvalue weighted by Gasteiger charge is -2.26. The molecule has 0 amide bonds. The van der Waals surface area contributed by atoms with E-state index in [0.29, 0.717) is 9.72 Å². The Morgan fingerprint density at radius 1 is 1.06 bits per heavy atom. The fourth-order valence-corrected chi connectivity index (χ4v) is 5.76. The van der Waals surface area contributed by atoms with E-state index in [4.69, 9.17) is 16.3 Å². The number of hydrogen-bond acceptors (Lipinski definition) is 6. The van der Waals surface area contributed by atoms with Crippen molar-refractivity contribution in [1.82, 2.24) is 14.5 Å². The van der Waals surface area contributed by atoms with E-state index in [0.717, 1.165) is 60.2 Å². The van der Waals surface area contributed by atoms with Crippen LogP contribution in [0.2, 0.25) is 5.02 Å². The fraction of sp³-hybridized carbons (Fsp3) is 0.250. The summed E-state index contributed by atoms with van der Waals surface area (Å²) in [6.45, 7) is 4.75. The van der Waals surface area contributed by atoms with Gasteiger partial charge < -0.3 is 4.74 Å². The number of halogens is 1. The van der Waals surface area contributed by atoms with Gasteiger partial charge in [-0.2, -0.15) is 0 Å². The minimum absolute atomic E-state index is 0.0482. The van der Waals surface area contributed by atoms with Gasteiger partial charge in [0.1, 0.15) is 11.0 Å². The van der Waals surface area contributed by atoms with Crippen molar-refractivity contribution in [3.63, 3.8) is 0 Å². The van der Waals surface area contributed by atoms with Crippen molar-refractivity contribution in [3.05, 3.63) is 76.3 Å². The third kappa shape index (κ3) is 4.77. The van der Waals surface area contributed by atoms with Crippen LogP contribution < -0.4 is 5.56 Å². The molecule has 3 heterocycles. The molecule has 0 radical (unpaired) electrons. The molecule has 1 saturated heterocycles. The van der Waals surface area contributed by atoms with Crippen molar-refractivity contribution >= 4 is 44.9 Å². The Bertz CT molecular complexity index is 1260. The molecule has 0 N–H and O–H groups in total. The van der Waals surface area contributed by atoms with Crippen LogP contribution in [0.4, 0.5) is 0 Å². The van der Waals surface area contributed by atoms with E-state index in [-0.39, 0.29) is 5.56 Å². The molecular weight excluding hydrogens is 462 g/mol. The van der Waals surface area contributed by atoms with Gasteiger partial charge in [0.2, 0.25) is 0 Å². The molecule has 4 aromatic rings. The molecule has 32 heavy (non-hydrogen) atoms. The normalized spacial score (nSPS) is 14.8. The van der Waals surface area contributed by atoms with Crippen molar-refractivity contribution < 1.29 is 4.74 Å². The first-order valence-corrected chi connectivity index (χ1v) is 12.7. The molecule has 0 bridgehead atoms. The molecule has 8 heteroatoms. The summed E-state index contributed by atoms with van der Waals surface area (Å²) in [5.74, 6) is 1.04. The number of aromatic nitrogens is 2. The van der Waals surface area contributed by atoms with Crippen LogP contribution in [-0.2, 0) is 4.74 Å². The number of thioether (sulfide) groups is 1. The summed E-state index contributed by atoms with van der Waals surface area (Å²) in [5, 5.41) is 0.693. The second kappa shape index (κ2) is 9.77. The van der Waals surface area contributed by atoms with Crippen LogP contribution in [0.1, 0.15) is 0 Å². The Morgan fingerprint density at radius 3 is 2.56 bits per heavy atom. The first-order valence-electron chi connectivity index (χ1n) is 10.5. The summed E-state index contributed by atoms with van der Waals surface area (Å²) in [7, 11) is 0. The molecule has 5 nitrogen and oxygen atoms in total. The second-order valence-corrected chi connectivity index (χ2v) is 10.2. The Balaban J connectivity index is 1.32. The maximum absolute atomic E-state index is 13.2. The maximum atomic E-state index is 13.2. The Hall–Kier alpha value is -2.16. The summed E-state index contributed by atoms with van der Waals surface area (Å²) in [6, 6.07) is 17.7. The third-order valence-electron chi connectivity index (χ3n) is 5.46. The van der Waals surface area contributed by atoms with Gasteiger partial charge in [0.05, 0.1) is 24.4 Å². The predicted octanol–water partition coefficient (Wildman–Crippen LogP) is 5.19. The number of thiophene rings is 1. The van der Waals surface area contributed by atoms with Gasteiger partial charge >= 0.3 is 0 Å². The van der Waals surface area contributed by atoms with E-state index in [2.05, 4.69) is 22.0 Å². The van der Waals surface area contributed by atoms with E-state index in [1.54, 1.807) is 10.9 Å². The first kappa shape index (κ1) is 21.7. The summed E-state index contributed by atoms with van der Waals surface area (Å²) in [5.41, 5.74) is 2.52. The first-order chi connectivity index (χ1) is 15.7. The highest BCUT2D eigenvalue weighted by Crippen LogP contribution is 2.31. The van der Waals surface area contributed by atoms with Crippen molar-refractivity contribution in [2.24, 2.45) is 0 Å². The SMILES string of the molecule is O=c1c2sc(-c3ccc(Cl)cc3)cc2ncn1-c1ccc(SCCN2CCOCC2)cc1. The van der Waals surface area contributed by atoms with Gasteiger partial charge in [0, 0.05) is 40.2 Å². The minimum atomic E-state index is -0.0482. The van der Waals surface area contributed by atoms with Crippen molar-refractivity contribution in [2.45, 2.75) is 4.90 Å². The highest BCUT2D eigenvalue weighted by Gasteiger charge is 2.12.